The number of hydrogen-bond donors (Lipinski definition) is 3. The number of nitrogens with zero attached hydrogens (tertiary/aromatic N) is 3. The van der Waals surface area contributed by atoms with Gasteiger partial charge in [0.05, 0.1) is 13.4 Å². The van der Waals surface area contributed by atoms with Gasteiger partial charge in [-0.1, -0.05) is 6.07 Å². The van der Waals surface area contributed by atoms with Crippen molar-refractivity contribution in [2.75, 3.05) is 19.0 Å². The summed E-state index contributed by atoms with van der Waals surface area (Å²) in [5, 5.41) is 9.99. The van der Waals surface area contributed by atoms with Gasteiger partial charge in [0.25, 0.3) is 0 Å². The van der Waals surface area contributed by atoms with Crippen molar-refractivity contribution in [3.63, 3.8) is 0 Å². The molecule has 0 aliphatic carbocycles. The lowest BCUT2D eigenvalue weighted by Gasteiger charge is -2.07. The molecule has 8 nitrogen and oxygen atoms in total. The number of rotatable bonds is 6. The molecular formula is C16H18N6O2. The van der Waals surface area contributed by atoms with Crippen LogP contribution in [0.2, 0.25) is 0 Å². The lowest BCUT2D eigenvalue weighted by atomic mass is 10.3. The zero-order valence-electron chi connectivity index (χ0n) is 13.2. The van der Waals surface area contributed by atoms with Crippen LogP contribution in [0.4, 0.5) is 5.69 Å². The maximum atomic E-state index is 5.88. The average molecular weight is 326 g/mol. The Morgan fingerprint density at radius 1 is 1.38 bits per heavy atom. The monoisotopic (exact) mass is 326 g/mol. The van der Waals surface area contributed by atoms with Crippen molar-refractivity contribution < 1.29 is 9.15 Å². The Bertz CT molecular complexity index is 810. The van der Waals surface area contributed by atoms with Crippen LogP contribution in [0, 0.1) is 0 Å². The third-order valence-electron chi connectivity index (χ3n) is 3.25. The van der Waals surface area contributed by atoms with Gasteiger partial charge in [0.2, 0.25) is 5.82 Å². The molecule has 3 rings (SSSR count). The van der Waals surface area contributed by atoms with Crippen LogP contribution in [0.3, 0.4) is 0 Å². The second-order valence-electron chi connectivity index (χ2n) is 4.96. The minimum atomic E-state index is 0.328. The highest BCUT2D eigenvalue weighted by Gasteiger charge is 2.07. The minimum absolute atomic E-state index is 0.328. The second-order valence-corrected chi connectivity index (χ2v) is 4.96. The predicted molar refractivity (Wildman–Crippen MR) is 90.9 cm³/mol. The van der Waals surface area contributed by atoms with Gasteiger partial charge in [0.15, 0.2) is 11.7 Å². The number of guanidine groups is 1. The molecule has 0 fully saturated rings. The normalized spacial score (nSPS) is 11.5. The van der Waals surface area contributed by atoms with Crippen molar-refractivity contribution in [3.05, 3.63) is 48.5 Å². The Balaban J connectivity index is 1.54. The van der Waals surface area contributed by atoms with Gasteiger partial charge in [-0.25, -0.2) is 4.98 Å². The molecule has 0 aliphatic heterocycles. The smallest absolute Gasteiger partial charge is 0.216 e. The molecule has 0 aliphatic rings. The molecule has 0 atom stereocenters. The largest absolute Gasteiger partial charge is 0.497 e. The number of aromatic nitrogens is 3. The Morgan fingerprint density at radius 2 is 2.29 bits per heavy atom. The second kappa shape index (κ2) is 7.32. The van der Waals surface area contributed by atoms with E-state index in [2.05, 4.69) is 25.5 Å². The zero-order valence-corrected chi connectivity index (χ0v) is 13.2. The first-order valence-electron chi connectivity index (χ1n) is 7.41. The summed E-state index contributed by atoms with van der Waals surface area (Å²) in [5.74, 6) is 2.95. The Morgan fingerprint density at radius 3 is 3.08 bits per heavy atom. The molecule has 0 amide bonds. The average Bonchev–Trinajstić information content (AvgIpc) is 3.26. The van der Waals surface area contributed by atoms with Crippen molar-refractivity contribution in [2.45, 2.75) is 6.42 Å². The van der Waals surface area contributed by atoms with E-state index in [-0.39, 0.29) is 0 Å². The van der Waals surface area contributed by atoms with E-state index in [1.165, 1.54) is 0 Å². The summed E-state index contributed by atoms with van der Waals surface area (Å²) < 4.78 is 10.4. The van der Waals surface area contributed by atoms with Crippen LogP contribution < -0.4 is 15.8 Å². The highest BCUT2D eigenvalue weighted by molar-refractivity contribution is 5.92. The maximum absolute atomic E-state index is 5.88. The van der Waals surface area contributed by atoms with E-state index < -0.39 is 0 Å². The van der Waals surface area contributed by atoms with Crippen LogP contribution in [-0.4, -0.2) is 34.8 Å². The Kier molecular flexibility index (Phi) is 4.76. The standard InChI is InChI=1S/C16H18N6O2/c1-23-12-5-2-4-11(10-12)19-16(17)18-8-7-14-20-15(22-21-14)13-6-3-9-24-13/h2-6,9-10H,7-8H2,1H3,(H3,17,18,19)(H,20,21,22). The third-order valence-corrected chi connectivity index (χ3v) is 3.25. The lowest BCUT2D eigenvalue weighted by molar-refractivity contribution is 0.415. The molecular weight excluding hydrogens is 308 g/mol. The van der Waals surface area contributed by atoms with Crippen LogP contribution in [0.1, 0.15) is 5.82 Å². The van der Waals surface area contributed by atoms with E-state index in [4.69, 9.17) is 14.9 Å². The number of nitrogens with two attached hydrogens (primary N) is 1. The number of methoxy groups -OCH3 is 1. The van der Waals surface area contributed by atoms with Gasteiger partial charge in [0.1, 0.15) is 11.6 Å². The molecule has 2 aromatic heterocycles. The first kappa shape index (κ1) is 15.6. The van der Waals surface area contributed by atoms with Gasteiger partial charge in [-0.3, -0.25) is 10.1 Å². The Hall–Kier alpha value is -3.29. The van der Waals surface area contributed by atoms with Crippen LogP contribution in [0.25, 0.3) is 11.6 Å². The number of anilines is 1. The van der Waals surface area contributed by atoms with Gasteiger partial charge in [-0.05, 0) is 24.3 Å². The summed E-state index contributed by atoms with van der Waals surface area (Å²) >= 11 is 0. The van der Waals surface area contributed by atoms with Crippen molar-refractivity contribution >= 4 is 11.6 Å². The van der Waals surface area contributed by atoms with Gasteiger partial charge in [-0.15, -0.1) is 0 Å². The fourth-order valence-electron chi connectivity index (χ4n) is 2.09. The van der Waals surface area contributed by atoms with Crippen LogP contribution in [0.15, 0.2) is 52.1 Å². The van der Waals surface area contributed by atoms with E-state index in [1.54, 1.807) is 25.5 Å². The minimum Gasteiger partial charge on any atom is -0.497 e. The lowest BCUT2D eigenvalue weighted by Crippen LogP contribution is -2.23. The molecule has 0 saturated heterocycles. The van der Waals surface area contributed by atoms with Crippen LogP contribution >= 0.6 is 0 Å². The molecule has 0 radical (unpaired) electrons. The number of H-pyrrole nitrogens is 1. The highest BCUT2D eigenvalue weighted by atomic mass is 16.5. The van der Waals surface area contributed by atoms with E-state index in [0.29, 0.717) is 30.5 Å². The third kappa shape index (κ3) is 3.92. The number of hydrogen-bond acceptors (Lipinski definition) is 5. The SMILES string of the molecule is COc1cccc(NC(N)=NCCc2nc(-c3ccco3)n[nH]2)c1. The maximum Gasteiger partial charge on any atom is 0.216 e. The van der Waals surface area contributed by atoms with Gasteiger partial charge < -0.3 is 20.2 Å². The molecule has 124 valence electrons. The van der Waals surface area contributed by atoms with Gasteiger partial charge in [0, 0.05) is 24.7 Å². The molecule has 3 aromatic rings. The predicted octanol–water partition coefficient (Wildman–Crippen LogP) is 2.04. The first-order valence-corrected chi connectivity index (χ1v) is 7.41. The fraction of sp³-hybridized carbons (Fsp3) is 0.188. The molecule has 0 spiro atoms. The highest BCUT2D eigenvalue weighted by Crippen LogP contribution is 2.16. The molecule has 8 heteroatoms. The van der Waals surface area contributed by atoms with E-state index in [1.807, 2.05) is 24.3 Å². The van der Waals surface area contributed by atoms with Crippen LogP contribution in [-0.2, 0) is 6.42 Å². The van der Waals surface area contributed by atoms with E-state index in [0.717, 1.165) is 17.3 Å². The molecule has 0 bridgehead atoms. The molecule has 24 heavy (non-hydrogen) atoms. The summed E-state index contributed by atoms with van der Waals surface area (Å²) in [6.07, 6.45) is 2.18. The number of ether oxygens (including phenoxy) is 1. The summed E-state index contributed by atoms with van der Waals surface area (Å²) in [6, 6.07) is 11.1. The summed E-state index contributed by atoms with van der Waals surface area (Å²) in [4.78, 5) is 8.62. The number of benzene rings is 1. The van der Waals surface area contributed by atoms with Gasteiger partial charge in [-0.2, -0.15) is 5.10 Å². The molecule has 2 heterocycles. The van der Waals surface area contributed by atoms with Crippen molar-refractivity contribution in [2.24, 2.45) is 10.7 Å². The molecule has 1 aromatic carbocycles. The summed E-state index contributed by atoms with van der Waals surface area (Å²) in [6.45, 7) is 0.482. The van der Waals surface area contributed by atoms with E-state index >= 15 is 0 Å². The van der Waals surface area contributed by atoms with Crippen molar-refractivity contribution in [1.82, 2.24) is 15.2 Å². The Labute approximate surface area is 138 Å². The van der Waals surface area contributed by atoms with E-state index in [9.17, 15) is 0 Å². The molecule has 0 unspecified atom stereocenters. The first-order chi connectivity index (χ1) is 11.7. The van der Waals surface area contributed by atoms with Crippen LogP contribution in [0.5, 0.6) is 5.75 Å². The zero-order chi connectivity index (χ0) is 16.8. The molecule has 4 N–H and O–H groups in total. The number of aliphatic imine (C=N–C) groups is 1. The number of aromatic amines is 1. The summed E-state index contributed by atoms with van der Waals surface area (Å²) in [5.41, 5.74) is 6.70. The topological polar surface area (TPSA) is 114 Å². The summed E-state index contributed by atoms with van der Waals surface area (Å²) in [7, 11) is 1.62. The van der Waals surface area contributed by atoms with Crippen molar-refractivity contribution in [3.8, 4) is 17.3 Å². The number of nitrogens with one attached hydrogen (secondary N) is 2. The van der Waals surface area contributed by atoms with Crippen molar-refractivity contribution in [1.29, 1.82) is 0 Å². The fourth-order valence-corrected chi connectivity index (χ4v) is 2.09. The molecule has 0 saturated carbocycles. The quantitative estimate of drug-likeness (QED) is 0.472. The number of furan rings is 1. The van der Waals surface area contributed by atoms with Gasteiger partial charge >= 0.3 is 0 Å².